The van der Waals surface area contributed by atoms with Gasteiger partial charge in [0.1, 0.15) is 12.4 Å². The molecular formula is C29H26N2O3. The van der Waals surface area contributed by atoms with Crippen LogP contribution >= 0.6 is 0 Å². The van der Waals surface area contributed by atoms with Crippen LogP contribution in [-0.4, -0.2) is 11.8 Å². The fourth-order valence-corrected chi connectivity index (χ4v) is 3.55. The van der Waals surface area contributed by atoms with Crippen LogP contribution in [0.3, 0.4) is 0 Å². The third-order valence-corrected chi connectivity index (χ3v) is 5.41. The molecule has 5 nitrogen and oxygen atoms in total. The normalized spacial score (nSPS) is 11.3. The molecule has 4 rings (SSSR count). The molecule has 170 valence electrons. The third-order valence-electron chi connectivity index (χ3n) is 5.41. The lowest BCUT2D eigenvalue weighted by atomic mass is 10.1. The molecule has 4 aromatic carbocycles. The van der Waals surface area contributed by atoms with Gasteiger partial charge in [-0.3, -0.25) is 9.59 Å². The summed E-state index contributed by atoms with van der Waals surface area (Å²) < 4.78 is 5.84. The van der Waals surface area contributed by atoms with Crippen LogP contribution in [0, 0.1) is 0 Å². The molecule has 0 saturated carbocycles. The molecule has 0 aliphatic rings. The Morgan fingerprint density at radius 2 is 1.44 bits per heavy atom. The summed E-state index contributed by atoms with van der Waals surface area (Å²) in [6, 6.07) is 33.4. The van der Waals surface area contributed by atoms with Gasteiger partial charge in [0.2, 0.25) is 0 Å². The van der Waals surface area contributed by atoms with Crippen molar-refractivity contribution in [2.45, 2.75) is 19.6 Å². The first-order valence-electron chi connectivity index (χ1n) is 11.1. The predicted molar refractivity (Wildman–Crippen MR) is 134 cm³/mol. The lowest BCUT2D eigenvalue weighted by Crippen LogP contribution is -2.28. The molecule has 0 bridgehead atoms. The minimum atomic E-state index is -0.318. The monoisotopic (exact) mass is 450 g/mol. The standard InChI is InChI=1S/C29H26N2O3/c1-21(23-13-6-3-7-14-23)30-29(33)26-17-8-9-18-27(26)31-28(32)24-15-10-16-25(19-24)34-20-22-11-4-2-5-12-22/h2-19,21H,20H2,1H3,(H,30,33)(H,31,32). The summed E-state index contributed by atoms with van der Waals surface area (Å²) in [7, 11) is 0. The number of carbonyl (C=O) groups excluding carboxylic acids is 2. The second kappa shape index (κ2) is 11.0. The van der Waals surface area contributed by atoms with E-state index in [-0.39, 0.29) is 17.9 Å². The SMILES string of the molecule is CC(NC(=O)c1ccccc1NC(=O)c1cccc(OCc2ccccc2)c1)c1ccccc1. The summed E-state index contributed by atoms with van der Waals surface area (Å²) >= 11 is 0. The summed E-state index contributed by atoms with van der Waals surface area (Å²) in [6.45, 7) is 2.34. The Kier molecular flexibility index (Phi) is 7.35. The number of hydrogen-bond acceptors (Lipinski definition) is 3. The first-order chi connectivity index (χ1) is 16.6. The zero-order valence-corrected chi connectivity index (χ0v) is 18.9. The number of carbonyl (C=O) groups is 2. The summed E-state index contributed by atoms with van der Waals surface area (Å²) in [5, 5.41) is 5.86. The van der Waals surface area contributed by atoms with Gasteiger partial charge in [-0.05, 0) is 48.4 Å². The average Bonchev–Trinajstić information content (AvgIpc) is 2.89. The van der Waals surface area contributed by atoms with E-state index in [1.165, 1.54) is 0 Å². The van der Waals surface area contributed by atoms with E-state index in [1.807, 2.05) is 73.7 Å². The predicted octanol–water partition coefficient (Wildman–Crippen LogP) is 6.01. The molecule has 34 heavy (non-hydrogen) atoms. The van der Waals surface area contributed by atoms with E-state index < -0.39 is 0 Å². The van der Waals surface area contributed by atoms with Gasteiger partial charge in [0, 0.05) is 5.56 Å². The molecule has 0 saturated heterocycles. The average molecular weight is 451 g/mol. The van der Waals surface area contributed by atoms with Gasteiger partial charge in [0.25, 0.3) is 11.8 Å². The van der Waals surface area contributed by atoms with Gasteiger partial charge in [0.15, 0.2) is 0 Å². The highest BCUT2D eigenvalue weighted by molar-refractivity contribution is 6.09. The second-order valence-corrected chi connectivity index (χ2v) is 7.91. The zero-order valence-electron chi connectivity index (χ0n) is 18.9. The number of nitrogens with one attached hydrogen (secondary N) is 2. The highest BCUT2D eigenvalue weighted by Gasteiger charge is 2.17. The Morgan fingerprint density at radius 1 is 0.765 bits per heavy atom. The van der Waals surface area contributed by atoms with Crippen LogP contribution in [0.25, 0.3) is 0 Å². The fourth-order valence-electron chi connectivity index (χ4n) is 3.55. The van der Waals surface area contributed by atoms with Crippen molar-refractivity contribution in [1.29, 1.82) is 0 Å². The van der Waals surface area contributed by atoms with Gasteiger partial charge in [-0.1, -0.05) is 78.9 Å². The molecule has 1 atom stereocenters. The number of amides is 2. The maximum Gasteiger partial charge on any atom is 0.255 e. The molecule has 0 aromatic heterocycles. The maximum absolute atomic E-state index is 13.0. The minimum absolute atomic E-state index is 0.170. The van der Waals surface area contributed by atoms with Crippen LogP contribution in [0.2, 0.25) is 0 Å². The molecule has 0 fully saturated rings. The van der Waals surface area contributed by atoms with E-state index >= 15 is 0 Å². The van der Waals surface area contributed by atoms with Crippen LogP contribution in [0.5, 0.6) is 5.75 Å². The number of ether oxygens (including phenoxy) is 1. The van der Waals surface area contributed by atoms with E-state index in [0.717, 1.165) is 11.1 Å². The summed E-state index contributed by atoms with van der Waals surface area (Å²) in [4.78, 5) is 25.9. The Labute approximate surface area is 199 Å². The van der Waals surface area contributed by atoms with Gasteiger partial charge in [-0.15, -0.1) is 0 Å². The van der Waals surface area contributed by atoms with Gasteiger partial charge >= 0.3 is 0 Å². The van der Waals surface area contributed by atoms with Crippen LogP contribution < -0.4 is 15.4 Å². The van der Waals surface area contributed by atoms with Crippen molar-refractivity contribution >= 4 is 17.5 Å². The molecule has 2 amide bonds. The van der Waals surface area contributed by atoms with Crippen LogP contribution in [0.1, 0.15) is 44.8 Å². The summed E-state index contributed by atoms with van der Waals surface area (Å²) in [6.07, 6.45) is 0. The highest BCUT2D eigenvalue weighted by atomic mass is 16.5. The minimum Gasteiger partial charge on any atom is -0.489 e. The lowest BCUT2D eigenvalue weighted by Gasteiger charge is -2.16. The molecule has 0 spiro atoms. The molecule has 0 heterocycles. The molecule has 0 radical (unpaired) electrons. The smallest absolute Gasteiger partial charge is 0.255 e. The van der Waals surface area contributed by atoms with E-state index in [0.29, 0.717) is 29.2 Å². The number of anilines is 1. The number of hydrogen-bond donors (Lipinski definition) is 2. The first-order valence-corrected chi connectivity index (χ1v) is 11.1. The largest absolute Gasteiger partial charge is 0.489 e. The Morgan fingerprint density at radius 3 is 2.21 bits per heavy atom. The summed E-state index contributed by atoms with van der Waals surface area (Å²) in [5.41, 5.74) is 3.33. The molecule has 0 aliphatic carbocycles. The van der Waals surface area contributed by atoms with E-state index in [4.69, 9.17) is 4.74 Å². The van der Waals surface area contributed by atoms with Crippen LogP contribution in [-0.2, 0) is 6.61 Å². The lowest BCUT2D eigenvalue weighted by molar-refractivity contribution is 0.0940. The molecule has 5 heteroatoms. The van der Waals surface area contributed by atoms with Crippen molar-refractivity contribution in [2.75, 3.05) is 5.32 Å². The van der Waals surface area contributed by atoms with Crippen molar-refractivity contribution in [2.24, 2.45) is 0 Å². The fraction of sp³-hybridized carbons (Fsp3) is 0.103. The Balaban J connectivity index is 1.44. The topological polar surface area (TPSA) is 67.4 Å². The zero-order chi connectivity index (χ0) is 23.8. The van der Waals surface area contributed by atoms with E-state index in [1.54, 1.807) is 42.5 Å². The molecular weight excluding hydrogens is 424 g/mol. The van der Waals surface area contributed by atoms with Gasteiger partial charge < -0.3 is 15.4 Å². The maximum atomic E-state index is 13.0. The van der Waals surface area contributed by atoms with Crippen molar-refractivity contribution in [3.05, 3.63) is 131 Å². The number of para-hydroxylation sites is 1. The van der Waals surface area contributed by atoms with Crippen LogP contribution in [0.15, 0.2) is 109 Å². The van der Waals surface area contributed by atoms with Gasteiger partial charge in [-0.25, -0.2) is 0 Å². The van der Waals surface area contributed by atoms with Crippen molar-refractivity contribution in [1.82, 2.24) is 5.32 Å². The third kappa shape index (κ3) is 5.90. The Bertz CT molecular complexity index is 1260. The van der Waals surface area contributed by atoms with Gasteiger partial charge in [0.05, 0.1) is 17.3 Å². The summed E-state index contributed by atoms with van der Waals surface area (Å²) in [5.74, 6) is 0.0212. The molecule has 0 aliphatic heterocycles. The molecule has 4 aromatic rings. The number of benzene rings is 4. The number of rotatable bonds is 8. The van der Waals surface area contributed by atoms with Crippen molar-refractivity contribution in [3.63, 3.8) is 0 Å². The van der Waals surface area contributed by atoms with Crippen molar-refractivity contribution in [3.8, 4) is 5.75 Å². The van der Waals surface area contributed by atoms with Gasteiger partial charge in [-0.2, -0.15) is 0 Å². The quantitative estimate of drug-likeness (QED) is 0.345. The van der Waals surface area contributed by atoms with E-state index in [9.17, 15) is 9.59 Å². The van der Waals surface area contributed by atoms with Crippen LogP contribution in [0.4, 0.5) is 5.69 Å². The van der Waals surface area contributed by atoms with Crippen molar-refractivity contribution < 1.29 is 14.3 Å². The highest BCUT2D eigenvalue weighted by Crippen LogP contribution is 2.20. The Hall–Kier alpha value is -4.38. The second-order valence-electron chi connectivity index (χ2n) is 7.91. The molecule has 1 unspecified atom stereocenters. The molecule has 2 N–H and O–H groups in total. The van der Waals surface area contributed by atoms with E-state index in [2.05, 4.69) is 10.6 Å². The first kappa shape index (κ1) is 22.8.